The topological polar surface area (TPSA) is 49.4 Å². The van der Waals surface area contributed by atoms with Crippen molar-refractivity contribution in [3.05, 3.63) is 69.6 Å². The fraction of sp³-hybridized carbons (Fsp3) is 0.150. The number of nitrogens with one attached hydrogen (secondary N) is 1. The van der Waals surface area contributed by atoms with Gasteiger partial charge in [0.2, 0.25) is 5.91 Å². The van der Waals surface area contributed by atoms with Crippen molar-refractivity contribution < 1.29 is 9.59 Å². The van der Waals surface area contributed by atoms with Crippen LogP contribution in [0, 0.1) is 6.92 Å². The van der Waals surface area contributed by atoms with Crippen LogP contribution in [0.15, 0.2) is 53.4 Å². The van der Waals surface area contributed by atoms with Gasteiger partial charge in [-0.3, -0.25) is 14.5 Å². The number of para-hydroxylation sites is 1. The van der Waals surface area contributed by atoms with Gasteiger partial charge in [0.25, 0.3) is 5.91 Å². The van der Waals surface area contributed by atoms with Crippen molar-refractivity contribution in [2.45, 2.75) is 13.3 Å². The molecule has 3 rings (SSSR count). The van der Waals surface area contributed by atoms with Crippen LogP contribution in [0.1, 0.15) is 17.5 Å². The predicted octanol–water partition coefficient (Wildman–Crippen LogP) is 4.88. The van der Waals surface area contributed by atoms with E-state index in [1.807, 2.05) is 43.3 Å². The minimum atomic E-state index is -0.177. The molecule has 4 nitrogen and oxygen atoms in total. The molecule has 2 aromatic carbocycles. The van der Waals surface area contributed by atoms with E-state index in [0.717, 1.165) is 16.8 Å². The highest BCUT2D eigenvalue weighted by Gasteiger charge is 2.32. The Kier molecular flexibility index (Phi) is 6.31. The van der Waals surface area contributed by atoms with Crippen molar-refractivity contribution in [3.63, 3.8) is 0 Å². The molecular weight excluding hydrogens is 400 g/mol. The molecule has 0 bridgehead atoms. The summed E-state index contributed by atoms with van der Waals surface area (Å²) in [4.78, 5) is 26.8. The number of nitrogens with zero attached hydrogens (tertiary/aromatic N) is 1. The number of halogens is 1. The third-order valence-electron chi connectivity index (χ3n) is 4.02. The van der Waals surface area contributed by atoms with Crippen LogP contribution < -0.4 is 5.32 Å². The molecule has 0 saturated carbocycles. The lowest BCUT2D eigenvalue weighted by atomic mass is 10.2. The van der Waals surface area contributed by atoms with Gasteiger partial charge in [0.15, 0.2) is 0 Å². The summed E-state index contributed by atoms with van der Waals surface area (Å²) in [5.74, 6) is -0.330. The highest BCUT2D eigenvalue weighted by atomic mass is 35.5. The van der Waals surface area contributed by atoms with Gasteiger partial charge in [-0.1, -0.05) is 65.9 Å². The van der Waals surface area contributed by atoms with E-state index in [-0.39, 0.29) is 24.8 Å². The first-order valence-electron chi connectivity index (χ1n) is 8.30. The minimum absolute atomic E-state index is 0.153. The van der Waals surface area contributed by atoms with E-state index < -0.39 is 0 Å². The van der Waals surface area contributed by atoms with E-state index in [4.69, 9.17) is 23.8 Å². The molecule has 0 atom stereocenters. The average molecular weight is 417 g/mol. The summed E-state index contributed by atoms with van der Waals surface area (Å²) in [6.07, 6.45) is 1.96. The Morgan fingerprint density at radius 3 is 2.63 bits per heavy atom. The number of anilines is 1. The third kappa shape index (κ3) is 4.97. The van der Waals surface area contributed by atoms with Gasteiger partial charge in [-0.15, -0.1) is 0 Å². The lowest BCUT2D eigenvalue weighted by Gasteiger charge is -2.14. The fourth-order valence-electron chi connectivity index (χ4n) is 2.54. The van der Waals surface area contributed by atoms with Crippen LogP contribution in [-0.2, 0) is 9.59 Å². The Hall–Kier alpha value is -2.15. The van der Waals surface area contributed by atoms with Crippen molar-refractivity contribution in [3.8, 4) is 0 Å². The van der Waals surface area contributed by atoms with Crippen molar-refractivity contribution in [2.24, 2.45) is 0 Å². The van der Waals surface area contributed by atoms with Crippen molar-refractivity contribution in [1.29, 1.82) is 0 Å². The first kappa shape index (κ1) is 19.6. The van der Waals surface area contributed by atoms with Crippen LogP contribution in [0.5, 0.6) is 0 Å². The molecule has 138 valence electrons. The van der Waals surface area contributed by atoms with Crippen LogP contribution >= 0.6 is 35.6 Å². The molecule has 0 unspecified atom stereocenters. The van der Waals surface area contributed by atoms with Crippen LogP contribution in [0.25, 0.3) is 6.08 Å². The van der Waals surface area contributed by atoms with Crippen LogP contribution in [0.3, 0.4) is 0 Å². The summed E-state index contributed by atoms with van der Waals surface area (Å²) < 4.78 is 0.462. The third-order valence-corrected chi connectivity index (χ3v) is 5.65. The largest absolute Gasteiger partial charge is 0.326 e. The maximum Gasteiger partial charge on any atom is 0.266 e. The molecule has 2 aromatic rings. The molecule has 1 aliphatic heterocycles. The highest BCUT2D eigenvalue weighted by molar-refractivity contribution is 8.26. The number of benzene rings is 2. The Morgan fingerprint density at radius 2 is 1.93 bits per heavy atom. The zero-order valence-electron chi connectivity index (χ0n) is 14.6. The summed E-state index contributed by atoms with van der Waals surface area (Å²) in [7, 11) is 0. The van der Waals surface area contributed by atoms with E-state index in [0.29, 0.717) is 14.2 Å². The summed E-state index contributed by atoms with van der Waals surface area (Å²) in [6.45, 7) is 2.18. The van der Waals surface area contributed by atoms with Crippen LogP contribution in [-0.4, -0.2) is 27.6 Å². The zero-order valence-corrected chi connectivity index (χ0v) is 17.0. The number of thiocarbonyl (C=S) groups is 1. The van der Waals surface area contributed by atoms with Crippen molar-refractivity contribution in [1.82, 2.24) is 4.90 Å². The Balaban J connectivity index is 1.61. The molecule has 0 aromatic heterocycles. The number of amides is 2. The predicted molar refractivity (Wildman–Crippen MR) is 116 cm³/mol. The van der Waals surface area contributed by atoms with Gasteiger partial charge in [-0.2, -0.15) is 0 Å². The summed E-state index contributed by atoms with van der Waals surface area (Å²) in [6, 6.07) is 14.8. The maximum absolute atomic E-state index is 12.6. The molecule has 0 spiro atoms. The molecule has 1 fully saturated rings. The molecule has 0 aliphatic carbocycles. The van der Waals surface area contributed by atoms with Crippen LogP contribution in [0.2, 0.25) is 5.02 Å². The van der Waals surface area contributed by atoms with Crippen LogP contribution in [0.4, 0.5) is 5.69 Å². The SMILES string of the molecule is Cc1ccccc1NC(=O)CCN1C(=O)/C(=C/c2ccc(Cl)cc2)SC1=S. The monoisotopic (exact) mass is 416 g/mol. The van der Waals surface area contributed by atoms with Gasteiger partial charge in [0.1, 0.15) is 4.32 Å². The maximum atomic E-state index is 12.6. The molecule has 27 heavy (non-hydrogen) atoms. The molecule has 1 aliphatic rings. The average Bonchev–Trinajstić information content (AvgIpc) is 2.90. The van der Waals surface area contributed by atoms with E-state index >= 15 is 0 Å². The number of aryl methyl sites for hydroxylation is 1. The number of carbonyl (C=O) groups excluding carboxylic acids is 2. The summed E-state index contributed by atoms with van der Waals surface area (Å²) >= 11 is 12.4. The van der Waals surface area contributed by atoms with Gasteiger partial charge >= 0.3 is 0 Å². The van der Waals surface area contributed by atoms with Gasteiger partial charge in [-0.05, 0) is 42.3 Å². The Bertz CT molecular complexity index is 926. The number of hydrogen-bond donors (Lipinski definition) is 1. The van der Waals surface area contributed by atoms with E-state index in [1.165, 1.54) is 16.7 Å². The normalized spacial score (nSPS) is 15.5. The standard InChI is InChI=1S/C20H17ClN2O2S2/c1-13-4-2-3-5-16(13)22-18(24)10-11-23-19(25)17(27-20(23)26)12-14-6-8-15(21)9-7-14/h2-9,12H,10-11H2,1H3,(H,22,24)/b17-12-. The second-order valence-electron chi connectivity index (χ2n) is 6.00. The number of rotatable bonds is 5. The minimum Gasteiger partial charge on any atom is -0.326 e. The zero-order chi connectivity index (χ0) is 19.4. The van der Waals surface area contributed by atoms with Crippen molar-refractivity contribution in [2.75, 3.05) is 11.9 Å². The molecule has 1 heterocycles. The quantitative estimate of drug-likeness (QED) is 0.557. The lowest BCUT2D eigenvalue weighted by Crippen LogP contribution is -2.31. The highest BCUT2D eigenvalue weighted by Crippen LogP contribution is 2.32. The molecule has 1 N–H and O–H groups in total. The Morgan fingerprint density at radius 1 is 1.22 bits per heavy atom. The van der Waals surface area contributed by atoms with Gasteiger partial charge in [0, 0.05) is 23.7 Å². The number of thioether (sulfide) groups is 1. The summed E-state index contributed by atoms with van der Waals surface area (Å²) in [5.41, 5.74) is 2.63. The van der Waals surface area contributed by atoms with Gasteiger partial charge < -0.3 is 5.32 Å². The Labute approximate surface area is 172 Å². The number of hydrogen-bond acceptors (Lipinski definition) is 4. The van der Waals surface area contributed by atoms with Crippen molar-refractivity contribution >= 4 is 63.5 Å². The smallest absolute Gasteiger partial charge is 0.266 e. The van der Waals surface area contributed by atoms with Gasteiger partial charge in [0.05, 0.1) is 4.91 Å². The molecular formula is C20H17ClN2O2S2. The van der Waals surface area contributed by atoms with E-state index in [1.54, 1.807) is 18.2 Å². The second-order valence-corrected chi connectivity index (χ2v) is 8.11. The first-order chi connectivity index (χ1) is 12.9. The molecule has 7 heteroatoms. The number of carbonyl (C=O) groups is 2. The first-order valence-corrected chi connectivity index (χ1v) is 9.91. The summed E-state index contributed by atoms with van der Waals surface area (Å²) in [5, 5.41) is 3.50. The van der Waals surface area contributed by atoms with E-state index in [9.17, 15) is 9.59 Å². The lowest BCUT2D eigenvalue weighted by molar-refractivity contribution is -0.122. The second kappa shape index (κ2) is 8.69. The van der Waals surface area contributed by atoms with E-state index in [2.05, 4.69) is 5.32 Å². The molecule has 0 radical (unpaired) electrons. The van der Waals surface area contributed by atoms with Gasteiger partial charge in [-0.25, -0.2) is 0 Å². The fourth-order valence-corrected chi connectivity index (χ4v) is 3.98. The molecule has 2 amide bonds. The molecule has 1 saturated heterocycles.